The first-order chi connectivity index (χ1) is 20.3. The molecule has 8 rings (SSSR count). The summed E-state index contributed by atoms with van der Waals surface area (Å²) < 4.78 is 2.33. The molecule has 0 aliphatic carbocycles. The Balaban J connectivity index is 1.46. The molecule has 0 fully saturated rings. The number of benzene rings is 3. The number of aromatic nitrogens is 5. The van der Waals surface area contributed by atoms with E-state index in [1.54, 1.807) is 6.20 Å². The summed E-state index contributed by atoms with van der Waals surface area (Å²) in [5.41, 5.74) is 9.02. The highest BCUT2D eigenvalue weighted by Crippen LogP contribution is 2.41. The monoisotopic (exact) mass is 525 g/mol. The third kappa shape index (κ3) is 3.86. The summed E-state index contributed by atoms with van der Waals surface area (Å²) in [6.07, 6.45) is 7.43. The molecule has 8 aromatic rings. The molecule has 0 N–H and O–H groups in total. The van der Waals surface area contributed by atoms with Crippen LogP contribution in [0.4, 0.5) is 0 Å². The van der Waals surface area contributed by atoms with E-state index in [4.69, 9.17) is 9.97 Å². The predicted octanol–water partition coefficient (Wildman–Crippen LogP) is 8.52. The van der Waals surface area contributed by atoms with E-state index in [2.05, 4.69) is 81.3 Å². The molecule has 0 spiro atoms. The fraction of sp³-hybridized carbons (Fsp3) is 0. The van der Waals surface area contributed by atoms with Gasteiger partial charge in [0.25, 0.3) is 0 Å². The van der Waals surface area contributed by atoms with Crippen LogP contribution >= 0.6 is 0 Å². The Labute approximate surface area is 236 Å². The molecule has 0 bridgehead atoms. The Morgan fingerprint density at radius 2 is 1.10 bits per heavy atom. The van der Waals surface area contributed by atoms with Crippen molar-refractivity contribution in [3.05, 3.63) is 140 Å². The van der Waals surface area contributed by atoms with Gasteiger partial charge in [-0.3, -0.25) is 19.9 Å². The largest absolute Gasteiger partial charge is 0.307 e. The maximum absolute atomic E-state index is 4.83. The molecule has 0 aliphatic rings. The van der Waals surface area contributed by atoms with Crippen LogP contribution in [0.5, 0.6) is 0 Å². The van der Waals surface area contributed by atoms with Crippen LogP contribution in [0.3, 0.4) is 0 Å². The second-order valence-corrected chi connectivity index (χ2v) is 9.98. The van der Waals surface area contributed by atoms with Gasteiger partial charge in [-0.15, -0.1) is 0 Å². The highest BCUT2D eigenvalue weighted by Gasteiger charge is 2.19. The lowest BCUT2D eigenvalue weighted by molar-refractivity contribution is 1.14. The molecule has 0 saturated heterocycles. The number of hydrogen-bond acceptors (Lipinski definition) is 4. The van der Waals surface area contributed by atoms with E-state index in [9.17, 15) is 0 Å². The van der Waals surface area contributed by atoms with Gasteiger partial charge in [0, 0.05) is 45.9 Å². The third-order valence-electron chi connectivity index (χ3n) is 7.60. The molecule has 41 heavy (non-hydrogen) atoms. The number of rotatable bonds is 4. The molecule has 3 aromatic carbocycles. The SMILES string of the molecule is c1ccc(-c2ccc3c(c2)c2cc(-c4ccccn4)c4ccccc4c2n3-c2ccc(-c3ccccn3)nc2)nc1. The van der Waals surface area contributed by atoms with Gasteiger partial charge in [0.2, 0.25) is 0 Å². The summed E-state index contributed by atoms with van der Waals surface area (Å²) in [5, 5.41) is 4.63. The Kier molecular flexibility index (Phi) is 5.38. The van der Waals surface area contributed by atoms with Crippen molar-refractivity contribution in [2.75, 3.05) is 0 Å². The van der Waals surface area contributed by atoms with Gasteiger partial charge in [0.05, 0.1) is 45.7 Å². The first-order valence-electron chi connectivity index (χ1n) is 13.6. The summed E-state index contributed by atoms with van der Waals surface area (Å²) in [6.45, 7) is 0. The fourth-order valence-corrected chi connectivity index (χ4v) is 5.75. The first-order valence-corrected chi connectivity index (χ1v) is 13.6. The van der Waals surface area contributed by atoms with Crippen LogP contribution in [-0.4, -0.2) is 24.5 Å². The second kappa shape index (κ2) is 9.50. The Bertz CT molecular complexity index is 2170. The molecule has 0 atom stereocenters. The maximum Gasteiger partial charge on any atom is 0.0887 e. The average Bonchev–Trinajstić information content (AvgIpc) is 3.39. The van der Waals surface area contributed by atoms with Gasteiger partial charge in [-0.1, -0.05) is 48.5 Å². The molecule has 0 unspecified atom stereocenters. The smallest absolute Gasteiger partial charge is 0.0887 e. The first kappa shape index (κ1) is 23.2. The topological polar surface area (TPSA) is 56.5 Å². The van der Waals surface area contributed by atoms with E-state index in [1.807, 2.05) is 67.1 Å². The third-order valence-corrected chi connectivity index (χ3v) is 7.60. The quantitative estimate of drug-likeness (QED) is 0.231. The standard InChI is InChI=1S/C36H23N5/c1-2-10-27-26(9-1)28(32-12-4-7-19-38-32)22-30-29-21-24(31-11-3-6-18-37-31)14-17-35(29)41(36(27)30)25-15-16-34(40-23-25)33-13-5-8-20-39-33/h1-23H. The molecule has 192 valence electrons. The average molecular weight is 526 g/mol. The Morgan fingerprint density at radius 3 is 1.78 bits per heavy atom. The van der Waals surface area contributed by atoms with Crippen LogP contribution in [-0.2, 0) is 0 Å². The van der Waals surface area contributed by atoms with Gasteiger partial charge in [-0.2, -0.15) is 0 Å². The van der Waals surface area contributed by atoms with Crippen molar-refractivity contribution < 1.29 is 0 Å². The summed E-state index contributed by atoms with van der Waals surface area (Å²) in [6, 6.07) is 39.6. The molecule has 0 radical (unpaired) electrons. The van der Waals surface area contributed by atoms with Gasteiger partial charge in [-0.05, 0) is 72.1 Å². The fourth-order valence-electron chi connectivity index (χ4n) is 5.75. The van der Waals surface area contributed by atoms with Crippen molar-refractivity contribution in [1.29, 1.82) is 0 Å². The van der Waals surface area contributed by atoms with Gasteiger partial charge < -0.3 is 4.57 Å². The molecule has 5 aromatic heterocycles. The van der Waals surface area contributed by atoms with Gasteiger partial charge >= 0.3 is 0 Å². The van der Waals surface area contributed by atoms with E-state index >= 15 is 0 Å². The van der Waals surface area contributed by atoms with E-state index in [-0.39, 0.29) is 0 Å². The van der Waals surface area contributed by atoms with E-state index < -0.39 is 0 Å². The van der Waals surface area contributed by atoms with Gasteiger partial charge in [0.1, 0.15) is 0 Å². The molecule has 0 amide bonds. The summed E-state index contributed by atoms with van der Waals surface area (Å²) >= 11 is 0. The van der Waals surface area contributed by atoms with Crippen LogP contribution in [0.25, 0.3) is 72.2 Å². The van der Waals surface area contributed by atoms with Crippen LogP contribution in [0, 0.1) is 0 Å². The van der Waals surface area contributed by atoms with Crippen molar-refractivity contribution in [2.45, 2.75) is 0 Å². The number of fused-ring (bicyclic) bond motifs is 5. The van der Waals surface area contributed by atoms with Crippen molar-refractivity contribution in [3.8, 4) is 39.6 Å². The molecule has 0 saturated carbocycles. The molecule has 5 heterocycles. The second-order valence-electron chi connectivity index (χ2n) is 9.98. The number of hydrogen-bond donors (Lipinski definition) is 0. The molecule has 5 nitrogen and oxygen atoms in total. The minimum Gasteiger partial charge on any atom is -0.307 e. The lowest BCUT2D eigenvalue weighted by Crippen LogP contribution is -1.97. The van der Waals surface area contributed by atoms with Crippen molar-refractivity contribution in [1.82, 2.24) is 24.5 Å². The predicted molar refractivity (Wildman–Crippen MR) is 166 cm³/mol. The summed E-state index contributed by atoms with van der Waals surface area (Å²) in [5.74, 6) is 0. The van der Waals surface area contributed by atoms with Gasteiger partial charge in [0.15, 0.2) is 0 Å². The zero-order chi connectivity index (χ0) is 27.2. The van der Waals surface area contributed by atoms with Gasteiger partial charge in [-0.25, -0.2) is 0 Å². The van der Waals surface area contributed by atoms with Crippen molar-refractivity contribution in [2.24, 2.45) is 0 Å². The number of nitrogens with zero attached hydrogens (tertiary/aromatic N) is 5. The van der Waals surface area contributed by atoms with Crippen LogP contribution in [0.15, 0.2) is 140 Å². The lowest BCUT2D eigenvalue weighted by Gasteiger charge is -2.12. The Morgan fingerprint density at radius 1 is 0.439 bits per heavy atom. The zero-order valence-corrected chi connectivity index (χ0v) is 22.0. The zero-order valence-electron chi connectivity index (χ0n) is 22.0. The maximum atomic E-state index is 4.83. The van der Waals surface area contributed by atoms with E-state index in [1.165, 1.54) is 0 Å². The minimum absolute atomic E-state index is 0.842. The van der Waals surface area contributed by atoms with Crippen LogP contribution in [0.2, 0.25) is 0 Å². The van der Waals surface area contributed by atoms with Crippen molar-refractivity contribution >= 4 is 32.6 Å². The molecule has 0 aliphatic heterocycles. The normalized spacial score (nSPS) is 11.4. The minimum atomic E-state index is 0.842. The van der Waals surface area contributed by atoms with E-state index in [0.29, 0.717) is 0 Å². The summed E-state index contributed by atoms with van der Waals surface area (Å²) in [7, 11) is 0. The highest BCUT2D eigenvalue weighted by atomic mass is 15.0. The van der Waals surface area contributed by atoms with Crippen LogP contribution in [0.1, 0.15) is 0 Å². The molecule has 5 heteroatoms. The Hall–Kier alpha value is -5.68. The van der Waals surface area contributed by atoms with E-state index in [0.717, 1.165) is 72.2 Å². The molecular formula is C36H23N5. The van der Waals surface area contributed by atoms with Crippen LogP contribution < -0.4 is 0 Å². The van der Waals surface area contributed by atoms with Crippen molar-refractivity contribution in [3.63, 3.8) is 0 Å². The highest BCUT2D eigenvalue weighted by molar-refractivity contribution is 6.22. The summed E-state index contributed by atoms with van der Waals surface area (Å²) in [4.78, 5) is 18.6. The lowest BCUT2D eigenvalue weighted by atomic mass is 9.97. The molecular weight excluding hydrogens is 502 g/mol. The number of pyridine rings is 4.